The van der Waals surface area contributed by atoms with Crippen LogP contribution >= 0.6 is 0 Å². The van der Waals surface area contributed by atoms with Crippen LogP contribution in [0.2, 0.25) is 0 Å². The van der Waals surface area contributed by atoms with Crippen molar-refractivity contribution in [2.75, 3.05) is 26.2 Å². The molecule has 0 spiro atoms. The fourth-order valence-corrected chi connectivity index (χ4v) is 3.38. The van der Waals surface area contributed by atoms with Gasteiger partial charge in [-0.1, -0.05) is 0 Å². The standard InChI is InChI=1S/C15H30N2/c1-14(2,3)16-8-12-7-13(9-16)11-17(10-12)15(4,5)6/h12-13H,7-11H2,1-6H3. The van der Waals surface area contributed by atoms with Gasteiger partial charge < -0.3 is 0 Å². The Morgan fingerprint density at radius 2 is 0.941 bits per heavy atom. The molecule has 2 heteroatoms. The summed E-state index contributed by atoms with van der Waals surface area (Å²) in [5.74, 6) is 1.78. The average Bonchev–Trinajstić information content (AvgIpc) is 2.13. The van der Waals surface area contributed by atoms with Crippen molar-refractivity contribution in [2.24, 2.45) is 11.8 Å². The van der Waals surface area contributed by atoms with Crippen LogP contribution in [0.25, 0.3) is 0 Å². The Bertz CT molecular complexity index is 232. The molecule has 2 fully saturated rings. The molecule has 0 aliphatic carbocycles. The predicted octanol–water partition coefficient (Wildman–Crippen LogP) is 2.84. The van der Waals surface area contributed by atoms with E-state index in [9.17, 15) is 0 Å². The van der Waals surface area contributed by atoms with E-state index in [-0.39, 0.29) is 0 Å². The molecule has 2 aliphatic rings. The van der Waals surface area contributed by atoms with Crippen molar-refractivity contribution < 1.29 is 0 Å². The lowest BCUT2D eigenvalue weighted by molar-refractivity contribution is -0.0365. The second-order valence-corrected chi connectivity index (χ2v) is 8.12. The summed E-state index contributed by atoms with van der Waals surface area (Å²) in [6.07, 6.45) is 1.46. The van der Waals surface area contributed by atoms with Gasteiger partial charge in [-0.3, -0.25) is 9.80 Å². The summed E-state index contributed by atoms with van der Waals surface area (Å²) in [7, 11) is 0. The highest BCUT2D eigenvalue weighted by atomic mass is 15.3. The molecule has 0 atom stereocenters. The zero-order valence-corrected chi connectivity index (χ0v) is 12.6. The molecule has 2 saturated heterocycles. The number of hydrogen-bond donors (Lipinski definition) is 0. The zero-order valence-electron chi connectivity index (χ0n) is 12.6. The summed E-state index contributed by atoms with van der Waals surface area (Å²) in [5, 5.41) is 0. The van der Waals surface area contributed by atoms with Crippen LogP contribution in [-0.4, -0.2) is 47.1 Å². The van der Waals surface area contributed by atoms with Crippen molar-refractivity contribution in [3.8, 4) is 0 Å². The van der Waals surface area contributed by atoms with E-state index >= 15 is 0 Å². The summed E-state index contributed by atoms with van der Waals surface area (Å²) in [6.45, 7) is 19.3. The number of rotatable bonds is 0. The highest BCUT2D eigenvalue weighted by Gasteiger charge is 2.39. The summed E-state index contributed by atoms with van der Waals surface area (Å²) >= 11 is 0. The molecule has 2 bridgehead atoms. The summed E-state index contributed by atoms with van der Waals surface area (Å²) < 4.78 is 0. The fraction of sp³-hybridized carbons (Fsp3) is 1.00. The Labute approximate surface area is 107 Å². The molecule has 2 rings (SSSR count). The van der Waals surface area contributed by atoms with Crippen LogP contribution in [-0.2, 0) is 0 Å². The van der Waals surface area contributed by atoms with Gasteiger partial charge in [0, 0.05) is 37.3 Å². The van der Waals surface area contributed by atoms with E-state index in [4.69, 9.17) is 0 Å². The van der Waals surface area contributed by atoms with E-state index < -0.39 is 0 Å². The third kappa shape index (κ3) is 3.03. The second kappa shape index (κ2) is 4.24. The quantitative estimate of drug-likeness (QED) is 0.640. The lowest BCUT2D eigenvalue weighted by Crippen LogP contribution is -2.60. The SMILES string of the molecule is CC(C)(C)N1CC2CC(C1)CN(C(C)(C)C)C2. The molecule has 0 aromatic heterocycles. The molecule has 0 saturated carbocycles. The number of nitrogens with zero attached hydrogens (tertiary/aromatic N) is 2. The van der Waals surface area contributed by atoms with Gasteiger partial charge in [0.25, 0.3) is 0 Å². The van der Waals surface area contributed by atoms with E-state index in [1.54, 1.807) is 0 Å². The fourth-order valence-electron chi connectivity index (χ4n) is 3.38. The van der Waals surface area contributed by atoms with Gasteiger partial charge in [-0.05, 0) is 59.8 Å². The van der Waals surface area contributed by atoms with Gasteiger partial charge in [0.05, 0.1) is 0 Å². The van der Waals surface area contributed by atoms with Crippen LogP contribution in [0, 0.1) is 11.8 Å². The molecule has 0 unspecified atom stereocenters. The highest BCUT2D eigenvalue weighted by Crippen LogP contribution is 2.34. The summed E-state index contributed by atoms with van der Waals surface area (Å²) in [4.78, 5) is 5.40. The maximum atomic E-state index is 2.70. The maximum Gasteiger partial charge on any atom is 0.0125 e. The molecule has 0 N–H and O–H groups in total. The van der Waals surface area contributed by atoms with Crippen molar-refractivity contribution >= 4 is 0 Å². The van der Waals surface area contributed by atoms with Crippen LogP contribution in [0.15, 0.2) is 0 Å². The molecule has 2 aliphatic heterocycles. The second-order valence-electron chi connectivity index (χ2n) is 8.12. The molecule has 2 nitrogen and oxygen atoms in total. The Kier molecular flexibility index (Phi) is 3.33. The van der Waals surface area contributed by atoms with E-state index in [1.165, 1.54) is 32.6 Å². The Hall–Kier alpha value is -0.0800. The van der Waals surface area contributed by atoms with Crippen LogP contribution in [0.5, 0.6) is 0 Å². The van der Waals surface area contributed by atoms with E-state index in [2.05, 4.69) is 51.3 Å². The topological polar surface area (TPSA) is 6.48 Å². The lowest BCUT2D eigenvalue weighted by Gasteiger charge is -2.52. The largest absolute Gasteiger partial charge is 0.298 e. The van der Waals surface area contributed by atoms with Crippen molar-refractivity contribution in [2.45, 2.75) is 59.0 Å². The highest BCUT2D eigenvalue weighted by molar-refractivity contribution is 4.94. The third-order valence-electron chi connectivity index (χ3n) is 4.48. The van der Waals surface area contributed by atoms with Crippen LogP contribution in [0.4, 0.5) is 0 Å². The van der Waals surface area contributed by atoms with Gasteiger partial charge in [-0.15, -0.1) is 0 Å². The van der Waals surface area contributed by atoms with E-state index in [0.29, 0.717) is 11.1 Å². The van der Waals surface area contributed by atoms with Crippen molar-refractivity contribution in [1.82, 2.24) is 9.80 Å². The molecule has 0 aromatic rings. The molecule has 0 amide bonds. The number of piperidine rings is 2. The molecule has 17 heavy (non-hydrogen) atoms. The molecular weight excluding hydrogens is 208 g/mol. The normalized spacial score (nSPS) is 32.8. The third-order valence-corrected chi connectivity index (χ3v) is 4.48. The van der Waals surface area contributed by atoms with Gasteiger partial charge in [-0.2, -0.15) is 0 Å². The smallest absolute Gasteiger partial charge is 0.0125 e. The maximum absolute atomic E-state index is 2.70. The van der Waals surface area contributed by atoms with Gasteiger partial charge in [-0.25, -0.2) is 0 Å². The van der Waals surface area contributed by atoms with Crippen molar-refractivity contribution in [3.63, 3.8) is 0 Å². The lowest BCUT2D eigenvalue weighted by atomic mass is 9.81. The van der Waals surface area contributed by atoms with Gasteiger partial charge in [0.2, 0.25) is 0 Å². The molecule has 100 valence electrons. The van der Waals surface area contributed by atoms with Gasteiger partial charge in [0.1, 0.15) is 0 Å². The molecular formula is C15H30N2. The Balaban J connectivity index is 2.03. The molecule has 2 heterocycles. The average molecular weight is 238 g/mol. The van der Waals surface area contributed by atoms with Gasteiger partial charge in [0.15, 0.2) is 0 Å². The van der Waals surface area contributed by atoms with Gasteiger partial charge >= 0.3 is 0 Å². The van der Waals surface area contributed by atoms with Crippen LogP contribution < -0.4 is 0 Å². The number of hydrogen-bond acceptors (Lipinski definition) is 2. The van der Waals surface area contributed by atoms with E-state index in [0.717, 1.165) is 11.8 Å². The first-order valence-electron chi connectivity index (χ1n) is 7.16. The minimum absolute atomic E-state index is 0.348. The monoisotopic (exact) mass is 238 g/mol. The van der Waals surface area contributed by atoms with E-state index in [1.807, 2.05) is 0 Å². The number of fused-ring (bicyclic) bond motifs is 2. The van der Waals surface area contributed by atoms with Crippen LogP contribution in [0.3, 0.4) is 0 Å². The first-order chi connectivity index (χ1) is 7.66. The Morgan fingerprint density at radius 1 is 0.647 bits per heavy atom. The van der Waals surface area contributed by atoms with Crippen molar-refractivity contribution in [1.29, 1.82) is 0 Å². The zero-order chi connectivity index (χ0) is 12.8. The predicted molar refractivity (Wildman–Crippen MR) is 74.2 cm³/mol. The summed E-state index contributed by atoms with van der Waals surface area (Å²) in [6, 6.07) is 0. The van der Waals surface area contributed by atoms with Crippen molar-refractivity contribution in [3.05, 3.63) is 0 Å². The molecule has 0 aromatic carbocycles. The summed E-state index contributed by atoms with van der Waals surface area (Å²) in [5.41, 5.74) is 0.696. The number of likely N-dealkylation sites (tertiary alicyclic amines) is 2. The van der Waals surface area contributed by atoms with Crippen LogP contribution in [0.1, 0.15) is 48.0 Å². The Morgan fingerprint density at radius 3 is 1.18 bits per heavy atom. The first-order valence-corrected chi connectivity index (χ1v) is 7.16. The molecule has 0 radical (unpaired) electrons. The first kappa shape index (κ1) is 13.4. The minimum atomic E-state index is 0.348. The minimum Gasteiger partial charge on any atom is -0.298 e.